The minimum atomic E-state index is -0.294. The smallest absolute Gasteiger partial charge is 0.253 e. The molecule has 3 aromatic rings. The second-order valence-corrected chi connectivity index (χ2v) is 7.56. The Balaban J connectivity index is 1.57. The number of para-hydroxylation sites is 1. The molecule has 0 aromatic heterocycles. The summed E-state index contributed by atoms with van der Waals surface area (Å²) >= 11 is 0. The van der Waals surface area contributed by atoms with Crippen LogP contribution in [-0.2, 0) is 11.3 Å². The monoisotopic (exact) mass is 444 g/mol. The van der Waals surface area contributed by atoms with E-state index in [0.717, 1.165) is 11.1 Å². The van der Waals surface area contributed by atoms with Gasteiger partial charge in [0, 0.05) is 30.0 Å². The third-order valence-electron chi connectivity index (χ3n) is 4.93. The van der Waals surface area contributed by atoms with Gasteiger partial charge in [-0.3, -0.25) is 14.4 Å². The molecule has 7 nitrogen and oxygen atoms in total. The second-order valence-electron chi connectivity index (χ2n) is 7.56. The lowest BCUT2D eigenvalue weighted by Gasteiger charge is -2.13. The van der Waals surface area contributed by atoms with Crippen LogP contribution in [0.2, 0.25) is 0 Å². The molecule has 4 N–H and O–H groups in total. The van der Waals surface area contributed by atoms with Gasteiger partial charge in [0.25, 0.3) is 11.8 Å². The zero-order valence-electron chi connectivity index (χ0n) is 18.8. The minimum Gasteiger partial charge on any atom is -0.376 e. The zero-order chi connectivity index (χ0) is 23.6. The molecule has 3 amide bonds. The van der Waals surface area contributed by atoms with Crippen LogP contribution in [-0.4, -0.2) is 30.8 Å². The Kier molecular flexibility index (Phi) is 8.18. The van der Waals surface area contributed by atoms with Crippen molar-refractivity contribution in [1.82, 2.24) is 10.6 Å². The number of nitrogens with one attached hydrogen (secondary N) is 4. The molecule has 170 valence electrons. The molecule has 33 heavy (non-hydrogen) atoms. The van der Waals surface area contributed by atoms with Crippen LogP contribution in [0, 0.1) is 6.92 Å². The van der Waals surface area contributed by atoms with Crippen molar-refractivity contribution < 1.29 is 14.4 Å². The van der Waals surface area contributed by atoms with Crippen LogP contribution in [0.5, 0.6) is 0 Å². The molecule has 7 heteroatoms. The third kappa shape index (κ3) is 6.93. The Hall–Kier alpha value is -4.13. The van der Waals surface area contributed by atoms with Crippen LogP contribution in [0.3, 0.4) is 0 Å². The molecule has 0 unspecified atom stereocenters. The van der Waals surface area contributed by atoms with E-state index in [9.17, 15) is 14.4 Å². The van der Waals surface area contributed by atoms with Gasteiger partial charge in [0.1, 0.15) is 0 Å². The first kappa shape index (κ1) is 23.5. The summed E-state index contributed by atoms with van der Waals surface area (Å²) < 4.78 is 0. The fourth-order valence-electron chi connectivity index (χ4n) is 3.20. The third-order valence-corrected chi connectivity index (χ3v) is 4.93. The molecule has 0 radical (unpaired) electrons. The van der Waals surface area contributed by atoms with Gasteiger partial charge in [0.15, 0.2) is 0 Å². The van der Waals surface area contributed by atoms with Crippen LogP contribution >= 0.6 is 0 Å². The largest absolute Gasteiger partial charge is 0.376 e. The molecular weight excluding hydrogens is 416 g/mol. The maximum Gasteiger partial charge on any atom is 0.253 e. The number of hydrogen-bond acceptors (Lipinski definition) is 4. The fourth-order valence-corrected chi connectivity index (χ4v) is 3.20. The van der Waals surface area contributed by atoms with E-state index in [-0.39, 0.29) is 24.3 Å². The van der Waals surface area contributed by atoms with Crippen molar-refractivity contribution in [1.29, 1.82) is 0 Å². The number of aryl methyl sites for hydroxylation is 1. The number of rotatable bonds is 9. The minimum absolute atomic E-state index is 0.0341. The summed E-state index contributed by atoms with van der Waals surface area (Å²) in [5.41, 5.74) is 4.18. The average Bonchev–Trinajstić information content (AvgIpc) is 2.82. The topological polar surface area (TPSA) is 99.3 Å². The number of hydrogen-bond donors (Lipinski definition) is 4. The lowest BCUT2D eigenvalue weighted by molar-refractivity contribution is -0.114. The van der Waals surface area contributed by atoms with Crippen LogP contribution in [0.4, 0.5) is 11.4 Å². The summed E-state index contributed by atoms with van der Waals surface area (Å²) in [4.78, 5) is 37.1. The lowest BCUT2D eigenvalue weighted by Crippen LogP contribution is -2.26. The fraction of sp³-hybridized carbons (Fsp3) is 0.192. The highest BCUT2D eigenvalue weighted by atomic mass is 16.2. The highest BCUT2D eigenvalue weighted by Gasteiger charge is 2.12. The summed E-state index contributed by atoms with van der Waals surface area (Å²) in [7, 11) is 0. The van der Waals surface area contributed by atoms with Crippen LogP contribution in [0.15, 0.2) is 72.8 Å². The standard InChI is InChI=1S/C26H28N4O3/c1-3-27-25(32)20-7-6-8-21(15-20)30-24(31)17-28-23-10-5-4-9-22(23)26(33)29-16-19-13-11-18(2)12-14-19/h4-15,28H,3,16-17H2,1-2H3,(H,27,32)(H,29,33)(H,30,31). The van der Waals surface area contributed by atoms with Gasteiger partial charge < -0.3 is 21.3 Å². The molecule has 0 aliphatic rings. The number of anilines is 2. The number of carbonyl (C=O) groups is 3. The van der Waals surface area contributed by atoms with E-state index < -0.39 is 0 Å². The van der Waals surface area contributed by atoms with Crippen LogP contribution < -0.4 is 21.3 Å². The Morgan fingerprint density at radius 1 is 0.818 bits per heavy atom. The van der Waals surface area contributed by atoms with E-state index in [4.69, 9.17) is 0 Å². The SMILES string of the molecule is CCNC(=O)c1cccc(NC(=O)CNc2ccccc2C(=O)NCc2ccc(C)cc2)c1. The van der Waals surface area contributed by atoms with Crippen LogP contribution in [0.25, 0.3) is 0 Å². The predicted octanol–water partition coefficient (Wildman–Crippen LogP) is 3.73. The van der Waals surface area contributed by atoms with Gasteiger partial charge in [-0.25, -0.2) is 0 Å². The van der Waals surface area contributed by atoms with Crippen molar-refractivity contribution in [2.24, 2.45) is 0 Å². The predicted molar refractivity (Wildman–Crippen MR) is 130 cm³/mol. The lowest BCUT2D eigenvalue weighted by atomic mass is 10.1. The van der Waals surface area contributed by atoms with Gasteiger partial charge in [-0.05, 0) is 49.7 Å². The molecule has 3 aromatic carbocycles. The van der Waals surface area contributed by atoms with Crippen molar-refractivity contribution in [3.8, 4) is 0 Å². The first-order chi connectivity index (χ1) is 16.0. The molecule has 0 fully saturated rings. The number of amides is 3. The van der Waals surface area contributed by atoms with Gasteiger partial charge in [0.05, 0.1) is 12.1 Å². The Morgan fingerprint density at radius 3 is 2.33 bits per heavy atom. The second kappa shape index (κ2) is 11.5. The zero-order valence-corrected chi connectivity index (χ0v) is 18.8. The van der Waals surface area contributed by atoms with Crippen molar-refractivity contribution in [3.63, 3.8) is 0 Å². The maximum absolute atomic E-state index is 12.7. The summed E-state index contributed by atoms with van der Waals surface area (Å²) in [5.74, 6) is -0.719. The van der Waals surface area contributed by atoms with E-state index in [1.807, 2.05) is 38.1 Å². The number of benzene rings is 3. The van der Waals surface area contributed by atoms with Gasteiger partial charge in [0.2, 0.25) is 5.91 Å². The molecule has 0 heterocycles. The van der Waals surface area contributed by atoms with E-state index in [1.54, 1.807) is 48.5 Å². The first-order valence-corrected chi connectivity index (χ1v) is 10.8. The van der Waals surface area contributed by atoms with E-state index in [0.29, 0.717) is 35.6 Å². The van der Waals surface area contributed by atoms with E-state index >= 15 is 0 Å². The van der Waals surface area contributed by atoms with Crippen molar-refractivity contribution in [2.75, 3.05) is 23.7 Å². The summed E-state index contributed by atoms with van der Waals surface area (Å²) in [6.45, 7) is 4.76. The molecule has 0 aliphatic heterocycles. The molecule has 0 bridgehead atoms. The molecule has 0 saturated carbocycles. The highest BCUT2D eigenvalue weighted by Crippen LogP contribution is 2.16. The summed E-state index contributed by atoms with van der Waals surface area (Å²) in [5, 5.41) is 11.4. The van der Waals surface area contributed by atoms with Gasteiger partial charge in [-0.2, -0.15) is 0 Å². The Bertz CT molecular complexity index is 1130. The molecule has 0 spiro atoms. The van der Waals surface area contributed by atoms with E-state index in [2.05, 4.69) is 21.3 Å². The van der Waals surface area contributed by atoms with Gasteiger partial charge in [-0.15, -0.1) is 0 Å². The van der Waals surface area contributed by atoms with E-state index in [1.165, 1.54) is 0 Å². The van der Waals surface area contributed by atoms with Gasteiger partial charge in [-0.1, -0.05) is 48.0 Å². The van der Waals surface area contributed by atoms with Crippen LogP contribution in [0.1, 0.15) is 38.8 Å². The molecule has 0 aliphatic carbocycles. The normalized spacial score (nSPS) is 10.2. The van der Waals surface area contributed by atoms with Gasteiger partial charge >= 0.3 is 0 Å². The van der Waals surface area contributed by atoms with Crippen molar-refractivity contribution in [3.05, 3.63) is 95.1 Å². The Labute approximate surface area is 193 Å². The molecule has 3 rings (SSSR count). The quantitative estimate of drug-likeness (QED) is 0.404. The number of carbonyl (C=O) groups excluding carboxylic acids is 3. The summed E-state index contributed by atoms with van der Waals surface area (Å²) in [6.07, 6.45) is 0. The summed E-state index contributed by atoms with van der Waals surface area (Å²) in [6, 6.07) is 21.7. The highest BCUT2D eigenvalue weighted by molar-refractivity contribution is 6.01. The molecule has 0 atom stereocenters. The Morgan fingerprint density at radius 2 is 1.58 bits per heavy atom. The molecule has 0 saturated heterocycles. The first-order valence-electron chi connectivity index (χ1n) is 10.8. The maximum atomic E-state index is 12.7. The van der Waals surface area contributed by atoms with Crippen molar-refractivity contribution >= 4 is 29.1 Å². The average molecular weight is 445 g/mol. The van der Waals surface area contributed by atoms with Crippen molar-refractivity contribution in [2.45, 2.75) is 20.4 Å². The molecular formula is C26H28N4O3.